The maximum absolute atomic E-state index is 12.0. The predicted molar refractivity (Wildman–Crippen MR) is 60.1 cm³/mol. The van der Waals surface area contributed by atoms with Gasteiger partial charge in [-0.15, -0.1) is 0 Å². The van der Waals surface area contributed by atoms with Gasteiger partial charge in [0, 0.05) is 23.8 Å². The van der Waals surface area contributed by atoms with Crippen molar-refractivity contribution in [3.63, 3.8) is 0 Å². The Hall–Kier alpha value is -0.700. The van der Waals surface area contributed by atoms with E-state index in [-0.39, 0.29) is 17.4 Å². The van der Waals surface area contributed by atoms with E-state index >= 15 is 0 Å². The summed E-state index contributed by atoms with van der Waals surface area (Å²) >= 11 is 0. The van der Waals surface area contributed by atoms with E-state index in [1.165, 1.54) is 0 Å². The first-order chi connectivity index (χ1) is 7.65. The zero-order valence-electron chi connectivity index (χ0n) is 9.87. The molecule has 0 aromatic carbocycles. The van der Waals surface area contributed by atoms with Crippen LogP contribution < -0.4 is 0 Å². The molecular formula is C13H19NO2. The molecule has 2 saturated heterocycles. The van der Waals surface area contributed by atoms with Crippen LogP contribution in [0.2, 0.25) is 0 Å². The lowest BCUT2D eigenvalue weighted by atomic mass is 9.60. The second-order valence-corrected chi connectivity index (χ2v) is 5.66. The molecule has 88 valence electrons. The molecule has 0 spiro atoms. The van der Waals surface area contributed by atoms with Crippen molar-refractivity contribution >= 4 is 11.6 Å². The standard InChI is InChI=1S/C13H19NO2/c1-9(15)13-5-2-7-14-8-4-10(12(13)14)11(16)3-6-13/h10,12H,2-8H2,1H3/t10-,12-,13+/m1/s1. The Morgan fingerprint density at radius 3 is 2.94 bits per heavy atom. The van der Waals surface area contributed by atoms with Crippen LogP contribution in [0.1, 0.15) is 39.0 Å². The molecule has 2 heterocycles. The maximum Gasteiger partial charge on any atom is 0.137 e. The monoisotopic (exact) mass is 221 g/mol. The highest BCUT2D eigenvalue weighted by atomic mass is 16.1. The van der Waals surface area contributed by atoms with E-state index in [1.54, 1.807) is 6.92 Å². The molecule has 0 radical (unpaired) electrons. The average Bonchev–Trinajstić information content (AvgIpc) is 2.70. The Bertz CT molecular complexity index is 352. The van der Waals surface area contributed by atoms with Crippen molar-refractivity contribution in [3.05, 3.63) is 0 Å². The number of Topliss-reactive ketones (excluding diaryl/α,β-unsaturated/α-hetero) is 2. The Morgan fingerprint density at radius 1 is 1.38 bits per heavy atom. The second-order valence-electron chi connectivity index (χ2n) is 5.66. The van der Waals surface area contributed by atoms with Crippen LogP contribution >= 0.6 is 0 Å². The van der Waals surface area contributed by atoms with Gasteiger partial charge in [0.2, 0.25) is 0 Å². The Kier molecular flexibility index (Phi) is 2.22. The number of nitrogens with zero attached hydrogens (tertiary/aromatic N) is 1. The SMILES string of the molecule is CC(=O)[C@]12CCCN3CC[C@H](C(=O)CC1)[C@@H]32. The van der Waals surface area contributed by atoms with Gasteiger partial charge in [-0.1, -0.05) is 0 Å². The van der Waals surface area contributed by atoms with Gasteiger partial charge >= 0.3 is 0 Å². The van der Waals surface area contributed by atoms with Crippen molar-refractivity contribution in [1.82, 2.24) is 4.90 Å². The third-order valence-electron chi connectivity index (χ3n) is 5.07. The molecule has 0 amide bonds. The van der Waals surface area contributed by atoms with E-state index in [1.807, 2.05) is 0 Å². The molecule has 3 nitrogen and oxygen atoms in total. The normalized spacial score (nSPS) is 43.2. The Morgan fingerprint density at radius 2 is 2.19 bits per heavy atom. The summed E-state index contributed by atoms with van der Waals surface area (Å²) < 4.78 is 0. The van der Waals surface area contributed by atoms with Crippen molar-refractivity contribution in [3.8, 4) is 0 Å². The topological polar surface area (TPSA) is 37.4 Å². The van der Waals surface area contributed by atoms with E-state index in [4.69, 9.17) is 0 Å². The fourth-order valence-corrected chi connectivity index (χ4v) is 4.29. The van der Waals surface area contributed by atoms with Gasteiger partial charge < -0.3 is 0 Å². The first-order valence-electron chi connectivity index (χ1n) is 6.43. The van der Waals surface area contributed by atoms with Crippen molar-refractivity contribution < 1.29 is 9.59 Å². The molecule has 0 bridgehead atoms. The summed E-state index contributed by atoms with van der Waals surface area (Å²) in [5.41, 5.74) is -0.173. The molecule has 16 heavy (non-hydrogen) atoms. The first-order valence-corrected chi connectivity index (χ1v) is 6.43. The summed E-state index contributed by atoms with van der Waals surface area (Å²) in [5.74, 6) is 0.894. The number of ketones is 2. The van der Waals surface area contributed by atoms with Gasteiger partial charge in [0.15, 0.2) is 0 Å². The number of carbonyl (C=O) groups excluding carboxylic acids is 2. The molecule has 1 saturated carbocycles. The molecular weight excluding hydrogens is 202 g/mol. The molecule has 3 rings (SSSR count). The van der Waals surface area contributed by atoms with Crippen LogP contribution in [0.4, 0.5) is 0 Å². The van der Waals surface area contributed by atoms with Crippen molar-refractivity contribution in [1.29, 1.82) is 0 Å². The van der Waals surface area contributed by atoms with E-state index < -0.39 is 0 Å². The fourth-order valence-electron chi connectivity index (χ4n) is 4.29. The minimum Gasteiger partial charge on any atom is -0.299 e. The minimum absolute atomic E-state index is 0.165. The van der Waals surface area contributed by atoms with E-state index in [2.05, 4.69) is 4.90 Å². The van der Waals surface area contributed by atoms with Crippen LogP contribution in [-0.4, -0.2) is 35.6 Å². The van der Waals surface area contributed by atoms with Gasteiger partial charge in [0.05, 0.1) is 0 Å². The second kappa shape index (κ2) is 3.39. The van der Waals surface area contributed by atoms with Crippen molar-refractivity contribution in [2.45, 2.75) is 45.1 Å². The van der Waals surface area contributed by atoms with Gasteiger partial charge in [-0.05, 0) is 45.7 Å². The predicted octanol–water partition coefficient (Wildman–Crippen LogP) is 1.41. The van der Waals surface area contributed by atoms with Gasteiger partial charge in [-0.25, -0.2) is 0 Å². The number of hydrogen-bond donors (Lipinski definition) is 0. The summed E-state index contributed by atoms with van der Waals surface area (Å²) in [5, 5.41) is 0. The van der Waals surface area contributed by atoms with E-state index in [0.29, 0.717) is 18.0 Å². The minimum atomic E-state index is -0.173. The molecule has 3 heteroatoms. The molecule has 0 aromatic rings. The largest absolute Gasteiger partial charge is 0.299 e. The Labute approximate surface area is 96.2 Å². The Balaban J connectivity index is 2.03. The molecule has 2 aliphatic heterocycles. The van der Waals surface area contributed by atoms with Crippen LogP contribution in [0.15, 0.2) is 0 Å². The average molecular weight is 221 g/mol. The van der Waals surface area contributed by atoms with Crippen LogP contribution in [-0.2, 0) is 9.59 Å². The molecule has 3 atom stereocenters. The van der Waals surface area contributed by atoms with Gasteiger partial charge in [-0.3, -0.25) is 14.5 Å². The maximum atomic E-state index is 12.0. The van der Waals surface area contributed by atoms with Gasteiger partial charge in [-0.2, -0.15) is 0 Å². The molecule has 3 fully saturated rings. The lowest BCUT2D eigenvalue weighted by Gasteiger charge is -2.50. The number of rotatable bonds is 1. The highest BCUT2D eigenvalue weighted by Crippen LogP contribution is 2.51. The summed E-state index contributed by atoms with van der Waals surface area (Å²) in [6.07, 6.45) is 4.55. The molecule has 3 aliphatic rings. The van der Waals surface area contributed by atoms with Gasteiger partial charge in [0.1, 0.15) is 11.6 Å². The highest BCUT2D eigenvalue weighted by molar-refractivity contribution is 5.90. The number of piperidine rings is 1. The molecule has 0 unspecified atom stereocenters. The van der Waals surface area contributed by atoms with Crippen LogP contribution in [0.25, 0.3) is 0 Å². The fraction of sp³-hybridized carbons (Fsp3) is 0.846. The summed E-state index contributed by atoms with van der Waals surface area (Å²) in [6, 6.07) is 0.250. The smallest absolute Gasteiger partial charge is 0.137 e. The molecule has 0 N–H and O–H groups in total. The highest BCUT2D eigenvalue weighted by Gasteiger charge is 2.57. The zero-order chi connectivity index (χ0) is 11.3. The summed E-state index contributed by atoms with van der Waals surface area (Å²) in [4.78, 5) is 26.4. The third kappa shape index (κ3) is 1.18. The number of carbonyl (C=O) groups is 2. The molecule has 1 aliphatic carbocycles. The van der Waals surface area contributed by atoms with Crippen molar-refractivity contribution in [2.24, 2.45) is 11.3 Å². The van der Waals surface area contributed by atoms with E-state index in [0.717, 1.165) is 38.8 Å². The van der Waals surface area contributed by atoms with Crippen LogP contribution in [0, 0.1) is 11.3 Å². The lowest BCUT2D eigenvalue weighted by molar-refractivity contribution is -0.144. The zero-order valence-corrected chi connectivity index (χ0v) is 9.87. The lowest BCUT2D eigenvalue weighted by Crippen LogP contribution is -2.58. The van der Waals surface area contributed by atoms with Crippen LogP contribution in [0.5, 0.6) is 0 Å². The quantitative estimate of drug-likeness (QED) is 0.672. The van der Waals surface area contributed by atoms with E-state index in [9.17, 15) is 9.59 Å². The van der Waals surface area contributed by atoms with Gasteiger partial charge in [0.25, 0.3) is 0 Å². The first kappa shape index (κ1) is 10.5. The van der Waals surface area contributed by atoms with Crippen molar-refractivity contribution in [2.75, 3.05) is 13.1 Å². The van der Waals surface area contributed by atoms with Crippen LogP contribution in [0.3, 0.4) is 0 Å². The summed E-state index contributed by atoms with van der Waals surface area (Å²) in [7, 11) is 0. The third-order valence-corrected chi connectivity index (χ3v) is 5.07. The molecule has 0 aromatic heterocycles. The summed E-state index contributed by atoms with van der Waals surface area (Å²) in [6.45, 7) is 3.84. The number of hydrogen-bond acceptors (Lipinski definition) is 3.